The van der Waals surface area contributed by atoms with Crippen LogP contribution in [0.1, 0.15) is 45.0 Å². The third kappa shape index (κ3) is 5.80. The monoisotopic (exact) mass is 428 g/mol. The number of fused-ring (bicyclic) bond motifs is 1. The van der Waals surface area contributed by atoms with E-state index in [4.69, 9.17) is 14.2 Å². The van der Waals surface area contributed by atoms with Crippen molar-refractivity contribution in [2.75, 3.05) is 20.0 Å². The molecular formula is C23H28N2O6. The zero-order valence-corrected chi connectivity index (χ0v) is 18.2. The highest BCUT2D eigenvalue weighted by atomic mass is 16.7. The molecule has 0 unspecified atom stereocenters. The highest BCUT2D eigenvalue weighted by Gasteiger charge is 2.39. The molecule has 31 heavy (non-hydrogen) atoms. The second-order valence-electron chi connectivity index (χ2n) is 8.67. The SMILES string of the molecule is C[C@@H](NC(=O)OC(C)(C)C)c1ccc2ccc(/C=C/C3(C(=O)O)COCOC3)cc2n1. The second-order valence-corrected chi connectivity index (χ2v) is 8.67. The fraction of sp³-hybridized carbons (Fsp3) is 0.435. The molecule has 0 saturated carbocycles. The predicted molar refractivity (Wildman–Crippen MR) is 115 cm³/mol. The van der Waals surface area contributed by atoms with Gasteiger partial charge in [-0.25, -0.2) is 4.79 Å². The Morgan fingerprint density at radius 2 is 1.90 bits per heavy atom. The summed E-state index contributed by atoms with van der Waals surface area (Å²) in [5.74, 6) is -0.994. The van der Waals surface area contributed by atoms with Crippen molar-refractivity contribution in [3.8, 4) is 0 Å². The van der Waals surface area contributed by atoms with E-state index in [1.165, 1.54) is 0 Å². The molecule has 1 aliphatic rings. The Hall–Kier alpha value is -2.97. The number of nitrogens with zero attached hydrogens (tertiary/aromatic N) is 1. The van der Waals surface area contributed by atoms with Crippen molar-refractivity contribution < 1.29 is 28.9 Å². The summed E-state index contributed by atoms with van der Waals surface area (Å²) in [6.45, 7) is 7.47. The van der Waals surface area contributed by atoms with Gasteiger partial charge in [-0.05, 0) is 45.4 Å². The maximum Gasteiger partial charge on any atom is 0.408 e. The van der Waals surface area contributed by atoms with Gasteiger partial charge in [0.1, 0.15) is 17.8 Å². The topological polar surface area (TPSA) is 107 Å². The minimum Gasteiger partial charge on any atom is -0.480 e. The van der Waals surface area contributed by atoms with Crippen molar-refractivity contribution in [3.63, 3.8) is 0 Å². The van der Waals surface area contributed by atoms with E-state index in [9.17, 15) is 14.7 Å². The van der Waals surface area contributed by atoms with E-state index in [2.05, 4.69) is 10.3 Å². The van der Waals surface area contributed by atoms with E-state index in [1.807, 2.05) is 37.3 Å². The molecule has 3 rings (SSSR count). The third-order valence-electron chi connectivity index (χ3n) is 4.82. The summed E-state index contributed by atoms with van der Waals surface area (Å²) in [5.41, 5.74) is 0.433. The van der Waals surface area contributed by atoms with Gasteiger partial charge in [-0.1, -0.05) is 30.4 Å². The van der Waals surface area contributed by atoms with Crippen LogP contribution in [0.15, 0.2) is 36.4 Å². The lowest BCUT2D eigenvalue weighted by molar-refractivity contribution is -0.180. The van der Waals surface area contributed by atoms with Crippen molar-refractivity contribution in [1.82, 2.24) is 10.3 Å². The number of benzene rings is 1. The summed E-state index contributed by atoms with van der Waals surface area (Å²) in [6, 6.07) is 9.12. The third-order valence-corrected chi connectivity index (χ3v) is 4.82. The van der Waals surface area contributed by atoms with Crippen LogP contribution in [0.2, 0.25) is 0 Å². The van der Waals surface area contributed by atoms with E-state index in [0.29, 0.717) is 5.69 Å². The number of pyridine rings is 1. The fourth-order valence-electron chi connectivity index (χ4n) is 3.15. The van der Waals surface area contributed by atoms with Crippen molar-refractivity contribution >= 4 is 29.0 Å². The van der Waals surface area contributed by atoms with Crippen LogP contribution >= 0.6 is 0 Å². The number of alkyl carbamates (subject to hydrolysis) is 1. The molecule has 1 aromatic carbocycles. The normalized spacial score (nSPS) is 17.4. The average Bonchev–Trinajstić information content (AvgIpc) is 2.70. The molecule has 2 heterocycles. The largest absolute Gasteiger partial charge is 0.480 e. The smallest absolute Gasteiger partial charge is 0.408 e. The van der Waals surface area contributed by atoms with Crippen LogP contribution in [0.3, 0.4) is 0 Å². The minimum absolute atomic E-state index is 0.0582. The van der Waals surface area contributed by atoms with Crippen molar-refractivity contribution in [1.29, 1.82) is 0 Å². The molecule has 2 aromatic rings. The summed E-state index contributed by atoms with van der Waals surface area (Å²) in [5, 5.41) is 13.3. The van der Waals surface area contributed by atoms with Crippen LogP contribution in [-0.2, 0) is 19.0 Å². The van der Waals surface area contributed by atoms with Gasteiger partial charge in [0.2, 0.25) is 0 Å². The first-order valence-electron chi connectivity index (χ1n) is 10.1. The molecule has 0 radical (unpaired) electrons. The molecule has 0 bridgehead atoms. The Labute approximate surface area is 181 Å². The molecule has 2 N–H and O–H groups in total. The zero-order valence-electron chi connectivity index (χ0n) is 18.2. The number of hydrogen-bond acceptors (Lipinski definition) is 6. The van der Waals surface area contributed by atoms with Gasteiger partial charge in [-0.2, -0.15) is 0 Å². The predicted octanol–water partition coefficient (Wildman–Crippen LogP) is 3.91. The number of aromatic nitrogens is 1. The number of carboxylic acid groups (broad SMARTS) is 1. The zero-order chi connectivity index (χ0) is 22.6. The standard InChI is InChI=1S/C23H28N2O6/c1-15(24-21(28)31-22(2,3)4)18-8-7-17-6-5-16(11-19(17)25-18)9-10-23(20(26)27)12-29-14-30-13-23/h5-11,15H,12-14H2,1-4H3,(H,24,28)(H,26,27)/b10-9+/t15-/m1/s1. The number of aliphatic carboxylic acids is 1. The molecule has 1 atom stereocenters. The van der Waals surface area contributed by atoms with Crippen molar-refractivity contribution in [2.24, 2.45) is 5.41 Å². The van der Waals surface area contributed by atoms with Gasteiger partial charge in [0.25, 0.3) is 0 Å². The highest BCUT2D eigenvalue weighted by molar-refractivity contribution is 5.83. The number of carboxylic acids is 1. The fourth-order valence-corrected chi connectivity index (χ4v) is 3.15. The molecule has 8 nitrogen and oxygen atoms in total. The highest BCUT2D eigenvalue weighted by Crippen LogP contribution is 2.26. The molecule has 1 fully saturated rings. The van der Waals surface area contributed by atoms with Crippen LogP contribution in [0.4, 0.5) is 4.79 Å². The van der Waals surface area contributed by atoms with Gasteiger partial charge in [-0.15, -0.1) is 0 Å². The molecule has 0 spiro atoms. The molecule has 0 aliphatic carbocycles. The van der Waals surface area contributed by atoms with Crippen LogP contribution in [-0.4, -0.2) is 47.8 Å². The lowest BCUT2D eigenvalue weighted by atomic mass is 9.88. The number of carbonyl (C=O) groups excluding carboxylic acids is 1. The second kappa shape index (κ2) is 9.03. The average molecular weight is 428 g/mol. The minimum atomic E-state index is -1.21. The maximum atomic E-state index is 12.0. The van der Waals surface area contributed by atoms with Gasteiger partial charge in [0.15, 0.2) is 0 Å². The molecule has 8 heteroatoms. The van der Waals surface area contributed by atoms with Gasteiger partial charge in [0, 0.05) is 5.39 Å². The number of carbonyl (C=O) groups is 2. The van der Waals surface area contributed by atoms with Gasteiger partial charge >= 0.3 is 12.1 Å². The lowest BCUT2D eigenvalue weighted by Gasteiger charge is -2.29. The molecule has 1 aliphatic heterocycles. The Kier molecular flexibility index (Phi) is 6.62. The number of ether oxygens (including phenoxy) is 3. The molecule has 1 aromatic heterocycles. The molecular weight excluding hydrogens is 400 g/mol. The van der Waals surface area contributed by atoms with Gasteiger partial charge in [0.05, 0.1) is 30.5 Å². The Morgan fingerprint density at radius 1 is 1.23 bits per heavy atom. The van der Waals surface area contributed by atoms with Crippen LogP contribution in [0.5, 0.6) is 0 Å². The first kappa shape index (κ1) is 22.7. The molecule has 166 valence electrons. The van der Waals surface area contributed by atoms with E-state index >= 15 is 0 Å². The van der Waals surface area contributed by atoms with Crippen molar-refractivity contribution in [2.45, 2.75) is 39.3 Å². The van der Waals surface area contributed by atoms with Crippen LogP contribution in [0, 0.1) is 5.41 Å². The summed E-state index contributed by atoms with van der Waals surface area (Å²) in [4.78, 5) is 28.4. The summed E-state index contributed by atoms with van der Waals surface area (Å²) < 4.78 is 15.7. The Morgan fingerprint density at radius 3 is 2.55 bits per heavy atom. The lowest BCUT2D eigenvalue weighted by Crippen LogP contribution is -2.42. The molecule has 1 saturated heterocycles. The van der Waals surface area contributed by atoms with Gasteiger partial charge < -0.3 is 24.6 Å². The summed E-state index contributed by atoms with van der Waals surface area (Å²) in [7, 11) is 0. The van der Waals surface area contributed by atoms with Crippen LogP contribution in [0.25, 0.3) is 17.0 Å². The summed E-state index contributed by atoms with van der Waals surface area (Å²) in [6.07, 6.45) is 2.84. The number of nitrogens with one attached hydrogen (secondary N) is 1. The van der Waals surface area contributed by atoms with E-state index in [1.54, 1.807) is 32.9 Å². The van der Waals surface area contributed by atoms with E-state index in [0.717, 1.165) is 16.5 Å². The first-order chi connectivity index (χ1) is 14.6. The van der Waals surface area contributed by atoms with Gasteiger partial charge in [-0.3, -0.25) is 9.78 Å². The first-order valence-corrected chi connectivity index (χ1v) is 10.1. The van der Waals surface area contributed by atoms with E-state index < -0.39 is 23.1 Å². The number of hydrogen-bond donors (Lipinski definition) is 2. The van der Waals surface area contributed by atoms with Crippen LogP contribution < -0.4 is 5.32 Å². The van der Waals surface area contributed by atoms with E-state index in [-0.39, 0.29) is 26.0 Å². The maximum absolute atomic E-state index is 12.0. The summed E-state index contributed by atoms with van der Waals surface area (Å²) >= 11 is 0. The molecule has 1 amide bonds. The Balaban J connectivity index is 1.80. The quantitative estimate of drug-likeness (QED) is 0.743. The van der Waals surface area contributed by atoms with Crippen molar-refractivity contribution in [3.05, 3.63) is 47.7 Å². The number of amides is 1. The number of rotatable bonds is 5. The Bertz CT molecular complexity index is 989.